The Labute approximate surface area is 279 Å². The van der Waals surface area contributed by atoms with Crippen molar-refractivity contribution < 1.29 is 33.5 Å². The molecule has 4 unspecified atom stereocenters. The molecule has 13 heteroatoms. The van der Waals surface area contributed by atoms with E-state index < -0.39 is 76.2 Å². The summed E-state index contributed by atoms with van der Waals surface area (Å²) < 4.78 is 5.42. The van der Waals surface area contributed by atoms with Gasteiger partial charge in [0.15, 0.2) is 0 Å². The number of ether oxygens (including phenoxy) is 1. The lowest BCUT2D eigenvalue weighted by Crippen LogP contribution is -2.62. The van der Waals surface area contributed by atoms with Crippen LogP contribution in [0.4, 0.5) is 9.59 Å². The highest BCUT2D eigenvalue weighted by Gasteiger charge is 2.70. The Morgan fingerprint density at radius 2 is 1.49 bits per heavy atom. The standard InChI is InChI=1S/C34H58N6O7/c1-31(2,3)21(17-47-30(46)39-33(7,8)9)37-29(45)38-25(32(4,5)6)28(44)40-16-19-22(34(19,10)11)23(40)27(43)36-20(24(41)26(35)42)15-18-13-12-14-18/h18-23,25H,12-17H2,1-11H3,(H2,35,42)(H,36,43)(H,39,46)(H2,37,38,45)/t19?,20?,21-,22+,23?,25?/m1/s1. The second kappa shape index (κ2) is 13.6. The Kier molecular flexibility index (Phi) is 11.0. The Hall–Kier alpha value is -3.38. The molecule has 266 valence electrons. The Morgan fingerprint density at radius 3 is 1.96 bits per heavy atom. The predicted octanol–water partition coefficient (Wildman–Crippen LogP) is 2.85. The van der Waals surface area contributed by atoms with Crippen LogP contribution in [0.2, 0.25) is 0 Å². The van der Waals surface area contributed by atoms with Gasteiger partial charge in [-0.3, -0.25) is 19.2 Å². The predicted molar refractivity (Wildman–Crippen MR) is 177 cm³/mol. The maximum absolute atomic E-state index is 14.3. The van der Waals surface area contributed by atoms with E-state index in [4.69, 9.17) is 10.5 Å². The average Bonchev–Trinajstić information content (AvgIpc) is 3.20. The normalized spacial score (nSPS) is 24.1. The number of rotatable bonds is 11. The molecule has 6 amide bonds. The minimum absolute atomic E-state index is 0.0650. The van der Waals surface area contributed by atoms with E-state index in [1.807, 2.05) is 76.2 Å². The molecule has 3 aliphatic rings. The second-order valence-electron chi connectivity index (χ2n) is 17.5. The summed E-state index contributed by atoms with van der Waals surface area (Å²) in [4.78, 5) is 80.0. The number of hydrogen-bond acceptors (Lipinski definition) is 7. The van der Waals surface area contributed by atoms with Crippen molar-refractivity contribution in [2.45, 2.75) is 132 Å². The molecule has 0 spiro atoms. The average molecular weight is 663 g/mol. The third kappa shape index (κ3) is 9.37. The van der Waals surface area contributed by atoms with E-state index in [9.17, 15) is 28.8 Å². The van der Waals surface area contributed by atoms with Crippen molar-refractivity contribution in [3.63, 3.8) is 0 Å². The zero-order valence-electron chi connectivity index (χ0n) is 30.2. The zero-order valence-corrected chi connectivity index (χ0v) is 30.2. The molecule has 0 aromatic heterocycles. The lowest BCUT2D eigenvalue weighted by Gasteiger charge is -2.39. The van der Waals surface area contributed by atoms with Gasteiger partial charge in [0.25, 0.3) is 5.91 Å². The number of amides is 6. The molecule has 1 aliphatic heterocycles. The van der Waals surface area contributed by atoms with Gasteiger partial charge in [-0.2, -0.15) is 0 Å². The molecule has 6 N–H and O–H groups in total. The highest BCUT2D eigenvalue weighted by Crippen LogP contribution is 2.65. The highest BCUT2D eigenvalue weighted by molar-refractivity contribution is 6.37. The molecule has 1 saturated heterocycles. The Balaban J connectivity index is 1.78. The number of carbonyl (C=O) groups is 6. The lowest BCUT2D eigenvalue weighted by molar-refractivity contribution is -0.145. The lowest BCUT2D eigenvalue weighted by atomic mass is 9.80. The van der Waals surface area contributed by atoms with Crippen LogP contribution in [0, 0.1) is 34.0 Å². The van der Waals surface area contributed by atoms with E-state index in [1.54, 1.807) is 0 Å². The maximum Gasteiger partial charge on any atom is 0.407 e. The van der Waals surface area contributed by atoms with Gasteiger partial charge in [-0.15, -0.1) is 0 Å². The van der Waals surface area contributed by atoms with E-state index in [1.165, 1.54) is 4.90 Å². The number of urea groups is 1. The zero-order chi connectivity index (χ0) is 35.9. The summed E-state index contributed by atoms with van der Waals surface area (Å²) in [5, 5.41) is 11.2. The van der Waals surface area contributed by atoms with E-state index in [0.29, 0.717) is 13.0 Å². The molecule has 6 atom stereocenters. The van der Waals surface area contributed by atoms with Crippen molar-refractivity contribution in [2.24, 2.45) is 39.7 Å². The summed E-state index contributed by atoms with van der Waals surface area (Å²) in [6.07, 6.45) is 2.58. The van der Waals surface area contributed by atoms with E-state index >= 15 is 0 Å². The van der Waals surface area contributed by atoms with Gasteiger partial charge in [0, 0.05) is 12.1 Å². The van der Waals surface area contributed by atoms with Crippen LogP contribution < -0.4 is 27.0 Å². The number of carbonyl (C=O) groups excluding carboxylic acids is 6. The molecule has 13 nitrogen and oxygen atoms in total. The monoisotopic (exact) mass is 662 g/mol. The molecule has 0 aromatic carbocycles. The highest BCUT2D eigenvalue weighted by atomic mass is 16.5. The Morgan fingerprint density at radius 1 is 0.894 bits per heavy atom. The topological polar surface area (TPSA) is 189 Å². The smallest absolute Gasteiger partial charge is 0.407 e. The molecule has 3 fully saturated rings. The molecule has 0 bridgehead atoms. The first-order valence-electron chi connectivity index (χ1n) is 16.8. The number of likely N-dealkylation sites (tertiary alicyclic amines) is 1. The number of hydrogen-bond donors (Lipinski definition) is 5. The van der Waals surface area contributed by atoms with Crippen LogP contribution in [-0.4, -0.2) is 83.4 Å². The van der Waals surface area contributed by atoms with Gasteiger partial charge < -0.3 is 36.6 Å². The number of nitrogens with two attached hydrogens (primary N) is 1. The maximum atomic E-state index is 14.3. The van der Waals surface area contributed by atoms with Crippen LogP contribution >= 0.6 is 0 Å². The van der Waals surface area contributed by atoms with Gasteiger partial charge >= 0.3 is 12.1 Å². The van der Waals surface area contributed by atoms with Crippen molar-refractivity contribution in [1.82, 2.24) is 26.2 Å². The van der Waals surface area contributed by atoms with Crippen LogP contribution in [0.5, 0.6) is 0 Å². The summed E-state index contributed by atoms with van der Waals surface area (Å²) in [6, 6.07) is -4.14. The van der Waals surface area contributed by atoms with Crippen LogP contribution in [0.3, 0.4) is 0 Å². The minimum Gasteiger partial charge on any atom is -0.447 e. The summed E-state index contributed by atoms with van der Waals surface area (Å²) >= 11 is 0. The van der Waals surface area contributed by atoms with Crippen LogP contribution in [0.25, 0.3) is 0 Å². The van der Waals surface area contributed by atoms with Gasteiger partial charge in [-0.1, -0.05) is 74.7 Å². The van der Waals surface area contributed by atoms with Gasteiger partial charge in [-0.05, 0) is 61.2 Å². The molecular weight excluding hydrogens is 604 g/mol. The molecule has 0 radical (unpaired) electrons. The van der Waals surface area contributed by atoms with Crippen LogP contribution in [0.1, 0.15) is 102 Å². The van der Waals surface area contributed by atoms with Crippen LogP contribution in [0.15, 0.2) is 0 Å². The fourth-order valence-corrected chi connectivity index (χ4v) is 6.69. The minimum atomic E-state index is -1.10. The van der Waals surface area contributed by atoms with Crippen molar-refractivity contribution in [1.29, 1.82) is 0 Å². The van der Waals surface area contributed by atoms with Crippen molar-refractivity contribution in [2.75, 3.05) is 13.2 Å². The SMILES string of the molecule is CC(C)(C)NC(=O)OC[C@@H](NC(=O)NC(C(=O)N1CC2[C@@H](C1C(=O)NC(CC1CCC1)C(=O)C(N)=O)C2(C)C)C(C)(C)C)C(C)(C)C. The number of piperidine rings is 1. The number of alkyl carbamates (subject to hydrolysis) is 1. The Bertz CT molecular complexity index is 1240. The van der Waals surface area contributed by atoms with Gasteiger partial charge in [0.1, 0.15) is 18.7 Å². The number of primary amides is 1. The largest absolute Gasteiger partial charge is 0.447 e. The molecule has 2 aliphatic carbocycles. The summed E-state index contributed by atoms with van der Waals surface area (Å²) in [7, 11) is 0. The molecular formula is C34H58N6O7. The van der Waals surface area contributed by atoms with Crippen molar-refractivity contribution in [3.8, 4) is 0 Å². The van der Waals surface area contributed by atoms with Gasteiger partial charge in [-0.25, -0.2) is 9.59 Å². The quantitative estimate of drug-likeness (QED) is 0.210. The molecule has 1 heterocycles. The number of Topliss-reactive ketones (excluding diaryl/α,β-unsaturated/α-hetero) is 1. The third-order valence-corrected chi connectivity index (χ3v) is 10.0. The number of ketones is 1. The van der Waals surface area contributed by atoms with Gasteiger partial charge in [0.05, 0.1) is 12.1 Å². The fourth-order valence-electron chi connectivity index (χ4n) is 6.69. The molecule has 3 rings (SSSR count). The van der Waals surface area contributed by atoms with Crippen LogP contribution in [-0.2, 0) is 23.9 Å². The van der Waals surface area contributed by atoms with E-state index in [2.05, 4.69) is 21.3 Å². The number of fused-ring (bicyclic) bond motifs is 1. The number of nitrogens with one attached hydrogen (secondary N) is 4. The van der Waals surface area contributed by atoms with Crippen molar-refractivity contribution >= 4 is 35.6 Å². The summed E-state index contributed by atoms with van der Waals surface area (Å²) in [5.41, 5.74) is 3.40. The number of nitrogens with zero attached hydrogens (tertiary/aromatic N) is 1. The summed E-state index contributed by atoms with van der Waals surface area (Å²) in [5.74, 6) is -2.71. The third-order valence-electron chi connectivity index (χ3n) is 10.0. The molecule has 47 heavy (non-hydrogen) atoms. The van der Waals surface area contributed by atoms with E-state index in [-0.39, 0.29) is 29.8 Å². The van der Waals surface area contributed by atoms with Crippen molar-refractivity contribution in [3.05, 3.63) is 0 Å². The van der Waals surface area contributed by atoms with Gasteiger partial charge in [0.2, 0.25) is 17.6 Å². The molecule has 0 aromatic rings. The first-order valence-corrected chi connectivity index (χ1v) is 16.8. The molecule has 2 saturated carbocycles. The second-order valence-corrected chi connectivity index (χ2v) is 17.5. The first-order chi connectivity index (χ1) is 21.3. The fraction of sp³-hybridized carbons (Fsp3) is 0.824. The van der Waals surface area contributed by atoms with E-state index in [0.717, 1.165) is 19.3 Å². The summed E-state index contributed by atoms with van der Waals surface area (Å²) in [6.45, 7) is 21.0. The first kappa shape index (κ1) is 38.1.